The van der Waals surface area contributed by atoms with Gasteiger partial charge in [-0.1, -0.05) is 34.1 Å². The van der Waals surface area contributed by atoms with Gasteiger partial charge in [-0.3, -0.25) is 4.79 Å². The van der Waals surface area contributed by atoms with Gasteiger partial charge in [-0.2, -0.15) is 12.6 Å². The van der Waals surface area contributed by atoms with E-state index < -0.39 is 0 Å². The first-order chi connectivity index (χ1) is 12.1. The Labute approximate surface area is 162 Å². The number of rotatable bonds is 5. The van der Waals surface area contributed by atoms with Gasteiger partial charge in [0.25, 0.3) is 0 Å². The number of aromatic nitrogens is 1. The summed E-state index contributed by atoms with van der Waals surface area (Å²) in [6.07, 6.45) is 2.07. The molecule has 3 aromatic rings. The van der Waals surface area contributed by atoms with Crippen molar-refractivity contribution in [2.75, 3.05) is 12.4 Å². The lowest BCUT2D eigenvalue weighted by atomic mass is 10.2. The summed E-state index contributed by atoms with van der Waals surface area (Å²) < 4.78 is 6.80. The summed E-state index contributed by atoms with van der Waals surface area (Å²) >= 11 is 7.54. The van der Waals surface area contributed by atoms with Crippen LogP contribution >= 0.6 is 28.6 Å². The van der Waals surface area contributed by atoms with E-state index in [1.807, 2.05) is 36.4 Å². The van der Waals surface area contributed by atoms with Gasteiger partial charge in [0.1, 0.15) is 5.75 Å². The van der Waals surface area contributed by atoms with E-state index in [0.717, 1.165) is 35.2 Å². The lowest BCUT2D eigenvalue weighted by molar-refractivity contribution is 0.310. The van der Waals surface area contributed by atoms with Gasteiger partial charge < -0.3 is 9.72 Å². The summed E-state index contributed by atoms with van der Waals surface area (Å²) in [6.45, 7) is 2.78. The van der Waals surface area contributed by atoms with E-state index in [0.29, 0.717) is 6.61 Å². The molecule has 0 spiro atoms. The number of aromatic amines is 1. The second-order valence-corrected chi connectivity index (χ2v) is 6.90. The molecule has 1 heterocycles. The molecule has 25 heavy (non-hydrogen) atoms. The smallest absolute Gasteiger partial charge is 0.248 e. The second-order valence-electron chi connectivity index (χ2n) is 5.60. The average molecular weight is 420 g/mol. The van der Waals surface area contributed by atoms with Crippen molar-refractivity contribution in [3.63, 3.8) is 0 Å². The maximum atomic E-state index is 11.1. The van der Waals surface area contributed by atoms with E-state index in [1.165, 1.54) is 16.1 Å². The number of H-pyrrole nitrogens is 1. The minimum Gasteiger partial charge on any atom is -0.494 e. The van der Waals surface area contributed by atoms with E-state index in [1.54, 1.807) is 6.07 Å². The Morgan fingerprint density at radius 3 is 2.56 bits per heavy atom. The molecule has 0 amide bonds. The zero-order valence-corrected chi connectivity index (χ0v) is 16.6. The van der Waals surface area contributed by atoms with Crippen LogP contribution in [0.1, 0.15) is 18.4 Å². The molecule has 0 aliphatic carbocycles. The Bertz CT molecular complexity index is 842. The number of benzene rings is 2. The first-order valence-electron chi connectivity index (χ1n) is 8.18. The SMILES string of the molecule is Cc1ccccc1Br.O=c1ccc2cc(OCCCCS)ccc2[nH]1. The van der Waals surface area contributed by atoms with Crippen LogP contribution in [0.25, 0.3) is 10.9 Å². The van der Waals surface area contributed by atoms with Crippen molar-refractivity contribution in [1.29, 1.82) is 0 Å². The Kier molecular flexibility index (Phi) is 8.09. The lowest BCUT2D eigenvalue weighted by Crippen LogP contribution is -2.02. The fraction of sp³-hybridized carbons (Fsp3) is 0.250. The van der Waals surface area contributed by atoms with Crippen molar-refractivity contribution < 1.29 is 4.74 Å². The van der Waals surface area contributed by atoms with Gasteiger partial charge >= 0.3 is 0 Å². The van der Waals surface area contributed by atoms with Crippen LogP contribution in [-0.2, 0) is 0 Å². The van der Waals surface area contributed by atoms with Crippen molar-refractivity contribution in [3.8, 4) is 5.75 Å². The van der Waals surface area contributed by atoms with Gasteiger partial charge in [-0.25, -0.2) is 0 Å². The monoisotopic (exact) mass is 419 g/mol. The summed E-state index contributed by atoms with van der Waals surface area (Å²) in [5.41, 5.74) is 2.03. The number of fused-ring (bicyclic) bond motifs is 1. The number of thiol groups is 1. The topological polar surface area (TPSA) is 42.1 Å². The standard InChI is InChI=1S/C13H15NO2S.C7H7Br/c15-13-6-3-10-9-11(4-5-12(10)14-13)16-7-1-2-8-17;1-6-4-2-3-5-7(6)8/h3-6,9,17H,1-2,7-8H2,(H,14,15);2-5H,1H3. The van der Waals surface area contributed by atoms with E-state index >= 15 is 0 Å². The maximum Gasteiger partial charge on any atom is 0.248 e. The first-order valence-corrected chi connectivity index (χ1v) is 9.60. The molecule has 0 unspecified atom stereocenters. The number of aryl methyl sites for hydroxylation is 1. The van der Waals surface area contributed by atoms with Crippen LogP contribution < -0.4 is 10.3 Å². The molecule has 3 nitrogen and oxygen atoms in total. The predicted molar refractivity (Wildman–Crippen MR) is 112 cm³/mol. The Hall–Kier alpha value is -1.72. The second kappa shape index (κ2) is 10.3. The van der Waals surface area contributed by atoms with Gasteiger partial charge in [0.2, 0.25) is 5.56 Å². The van der Waals surface area contributed by atoms with E-state index in [4.69, 9.17) is 4.74 Å². The molecule has 132 valence electrons. The highest BCUT2D eigenvalue weighted by Gasteiger charge is 1.98. The minimum atomic E-state index is -0.0834. The summed E-state index contributed by atoms with van der Waals surface area (Å²) in [7, 11) is 0. The van der Waals surface area contributed by atoms with Gasteiger partial charge in [0.15, 0.2) is 0 Å². The molecular weight excluding hydrogens is 398 g/mol. The molecule has 5 heteroatoms. The van der Waals surface area contributed by atoms with Crippen LogP contribution in [0.4, 0.5) is 0 Å². The number of hydrogen-bond donors (Lipinski definition) is 2. The summed E-state index contributed by atoms with van der Waals surface area (Å²) in [5.74, 6) is 1.73. The molecule has 1 aromatic heterocycles. The summed E-state index contributed by atoms with van der Waals surface area (Å²) in [4.78, 5) is 13.9. The normalized spacial score (nSPS) is 10.2. The maximum absolute atomic E-state index is 11.1. The highest BCUT2D eigenvalue weighted by Crippen LogP contribution is 2.18. The molecule has 0 saturated heterocycles. The molecule has 0 saturated carbocycles. The molecule has 2 aromatic carbocycles. The van der Waals surface area contributed by atoms with Gasteiger partial charge in [0, 0.05) is 21.4 Å². The quantitative estimate of drug-likeness (QED) is 0.430. The van der Waals surface area contributed by atoms with Gasteiger partial charge in [-0.15, -0.1) is 0 Å². The highest BCUT2D eigenvalue weighted by atomic mass is 79.9. The van der Waals surface area contributed by atoms with Gasteiger partial charge in [0.05, 0.1) is 6.61 Å². The van der Waals surface area contributed by atoms with E-state index in [-0.39, 0.29) is 5.56 Å². The van der Waals surface area contributed by atoms with Crippen LogP contribution in [0.15, 0.2) is 63.9 Å². The molecule has 0 fully saturated rings. The molecule has 0 radical (unpaired) electrons. The third-order valence-corrected chi connectivity index (χ3v) is 4.80. The number of unbranched alkanes of at least 4 members (excludes halogenated alkanes) is 1. The van der Waals surface area contributed by atoms with E-state index in [2.05, 4.69) is 46.5 Å². The van der Waals surface area contributed by atoms with Crippen LogP contribution in [0.3, 0.4) is 0 Å². The first kappa shape index (κ1) is 19.6. The van der Waals surface area contributed by atoms with Crippen molar-refractivity contribution >= 4 is 39.5 Å². The molecule has 0 aliphatic rings. The van der Waals surface area contributed by atoms with Crippen LogP contribution in [0, 0.1) is 6.92 Å². The fourth-order valence-corrected chi connectivity index (χ4v) is 2.69. The van der Waals surface area contributed by atoms with Crippen LogP contribution in [0.2, 0.25) is 0 Å². The average Bonchev–Trinajstić information content (AvgIpc) is 2.62. The number of ether oxygens (including phenoxy) is 1. The van der Waals surface area contributed by atoms with Crippen LogP contribution in [0.5, 0.6) is 5.75 Å². The van der Waals surface area contributed by atoms with E-state index in [9.17, 15) is 4.79 Å². The zero-order chi connectivity index (χ0) is 18.1. The molecular formula is C20H22BrNO2S. The van der Waals surface area contributed by atoms with Crippen molar-refractivity contribution in [2.24, 2.45) is 0 Å². The number of pyridine rings is 1. The third kappa shape index (κ3) is 6.59. The Morgan fingerprint density at radius 1 is 1.08 bits per heavy atom. The molecule has 0 bridgehead atoms. The molecule has 0 atom stereocenters. The van der Waals surface area contributed by atoms with Gasteiger partial charge in [-0.05, 0) is 61.4 Å². The lowest BCUT2D eigenvalue weighted by Gasteiger charge is -2.06. The van der Waals surface area contributed by atoms with Crippen LogP contribution in [-0.4, -0.2) is 17.3 Å². The fourth-order valence-electron chi connectivity index (χ4n) is 2.18. The molecule has 0 aliphatic heterocycles. The minimum absolute atomic E-state index is 0.0834. The Balaban J connectivity index is 0.000000236. The largest absolute Gasteiger partial charge is 0.494 e. The van der Waals surface area contributed by atoms with Crippen molar-refractivity contribution in [3.05, 3.63) is 75.0 Å². The number of nitrogens with one attached hydrogen (secondary N) is 1. The van der Waals surface area contributed by atoms with Crippen molar-refractivity contribution in [1.82, 2.24) is 4.98 Å². The zero-order valence-electron chi connectivity index (χ0n) is 14.2. The Morgan fingerprint density at radius 2 is 1.88 bits per heavy atom. The highest BCUT2D eigenvalue weighted by molar-refractivity contribution is 9.10. The molecule has 3 rings (SSSR count). The number of halogens is 1. The predicted octanol–water partition coefficient (Wildman–Crippen LogP) is 5.37. The number of hydrogen-bond acceptors (Lipinski definition) is 3. The summed E-state index contributed by atoms with van der Waals surface area (Å²) in [5, 5.41) is 0.983. The summed E-state index contributed by atoms with van der Waals surface area (Å²) in [6, 6.07) is 17.1. The molecule has 1 N–H and O–H groups in total. The van der Waals surface area contributed by atoms with Crippen molar-refractivity contribution in [2.45, 2.75) is 19.8 Å². The third-order valence-electron chi connectivity index (χ3n) is 3.59.